The van der Waals surface area contributed by atoms with Crippen molar-refractivity contribution < 1.29 is 28.9 Å². The van der Waals surface area contributed by atoms with Gasteiger partial charge in [-0.15, -0.1) is 0 Å². The van der Waals surface area contributed by atoms with E-state index in [0.717, 1.165) is 16.7 Å². The molecule has 1 aliphatic rings. The van der Waals surface area contributed by atoms with Crippen molar-refractivity contribution in [2.75, 3.05) is 7.05 Å². The number of aliphatic hydroxyl groups excluding tert-OH is 2. The van der Waals surface area contributed by atoms with Crippen LogP contribution in [0.4, 0.5) is 4.39 Å². The van der Waals surface area contributed by atoms with E-state index in [0.29, 0.717) is 0 Å². The van der Waals surface area contributed by atoms with Crippen LogP contribution in [0.5, 0.6) is 0 Å². The number of hydrogen-bond donors (Lipinski definition) is 3. The first-order valence-corrected chi connectivity index (χ1v) is 9.97. The van der Waals surface area contributed by atoms with Gasteiger partial charge in [0.25, 0.3) is 5.91 Å². The maximum absolute atomic E-state index is 13.1. The molecule has 162 valence electrons. The fourth-order valence-corrected chi connectivity index (χ4v) is 3.80. The van der Waals surface area contributed by atoms with E-state index in [1.54, 1.807) is 12.1 Å². The lowest BCUT2D eigenvalue weighted by atomic mass is 9.78. The van der Waals surface area contributed by atoms with Crippen molar-refractivity contribution in [3.8, 4) is 0 Å². The molecule has 2 aromatic carbocycles. The summed E-state index contributed by atoms with van der Waals surface area (Å²) in [6.45, 7) is 2.26. The average molecular weight is 417 g/mol. The van der Waals surface area contributed by atoms with Crippen molar-refractivity contribution in [1.82, 2.24) is 5.32 Å². The van der Waals surface area contributed by atoms with Crippen molar-refractivity contribution in [3.63, 3.8) is 0 Å². The Morgan fingerprint density at radius 2 is 1.87 bits per heavy atom. The highest BCUT2D eigenvalue weighted by molar-refractivity contribution is 5.85. The number of hydrogen-bond acceptors (Lipinski definition) is 5. The van der Waals surface area contributed by atoms with Gasteiger partial charge in [0.1, 0.15) is 11.9 Å². The minimum Gasteiger partial charge on any atom is -0.390 e. The van der Waals surface area contributed by atoms with Gasteiger partial charge in [0, 0.05) is 19.9 Å². The highest BCUT2D eigenvalue weighted by Gasteiger charge is 2.51. The number of ether oxygens (including phenoxy) is 2. The number of carbonyl (C=O) groups is 1. The van der Waals surface area contributed by atoms with Crippen LogP contribution in [0.15, 0.2) is 48.5 Å². The van der Waals surface area contributed by atoms with Crippen LogP contribution in [0.25, 0.3) is 0 Å². The Morgan fingerprint density at radius 3 is 2.53 bits per heavy atom. The van der Waals surface area contributed by atoms with E-state index in [1.807, 2.05) is 31.2 Å². The number of likely N-dealkylation sites (N-methyl/N-ethyl adjacent to an activating group) is 1. The summed E-state index contributed by atoms with van der Waals surface area (Å²) in [6, 6.07) is 13.6. The van der Waals surface area contributed by atoms with Crippen molar-refractivity contribution in [3.05, 3.63) is 71.0 Å². The number of carbonyl (C=O) groups excluding carboxylic acids is 1. The molecule has 4 atom stereocenters. The van der Waals surface area contributed by atoms with Crippen LogP contribution in [-0.4, -0.2) is 47.1 Å². The van der Waals surface area contributed by atoms with Gasteiger partial charge >= 0.3 is 0 Å². The van der Waals surface area contributed by atoms with E-state index >= 15 is 0 Å². The standard InChI is InChI=1S/C23H28FNO5/c1-15-4-3-5-17(10-15)14-30-23(22(28)25-2)11-19(26)21(27)20(12-23)29-13-16-6-8-18(24)9-7-16/h3-10,19-21,26-27H,11-14H2,1-2H3,(H,25,28)/t19-,20+,21-,23+/m1/s1. The third-order valence-corrected chi connectivity index (χ3v) is 5.46. The summed E-state index contributed by atoms with van der Waals surface area (Å²) >= 11 is 0. The third-order valence-electron chi connectivity index (χ3n) is 5.46. The summed E-state index contributed by atoms with van der Waals surface area (Å²) in [6.07, 6.45) is -3.14. The van der Waals surface area contributed by atoms with E-state index in [2.05, 4.69) is 5.32 Å². The third kappa shape index (κ3) is 5.23. The molecule has 3 N–H and O–H groups in total. The fraction of sp³-hybridized carbons (Fsp3) is 0.435. The van der Waals surface area contributed by atoms with E-state index in [4.69, 9.17) is 9.47 Å². The predicted molar refractivity (Wildman–Crippen MR) is 109 cm³/mol. The smallest absolute Gasteiger partial charge is 0.252 e. The van der Waals surface area contributed by atoms with Crippen LogP contribution >= 0.6 is 0 Å². The number of amides is 1. The molecular formula is C23H28FNO5. The first kappa shape index (κ1) is 22.4. The lowest BCUT2D eigenvalue weighted by Gasteiger charge is -2.43. The lowest BCUT2D eigenvalue weighted by Crippen LogP contribution is -2.60. The van der Waals surface area contributed by atoms with Gasteiger partial charge in [0.05, 0.1) is 25.4 Å². The number of benzene rings is 2. The molecule has 0 saturated heterocycles. The number of nitrogens with one attached hydrogen (secondary N) is 1. The normalized spacial score (nSPS) is 26.4. The Hall–Kier alpha value is -2.32. The molecule has 3 rings (SSSR count). The molecule has 0 heterocycles. The van der Waals surface area contributed by atoms with Gasteiger partial charge in [0.2, 0.25) is 0 Å². The zero-order valence-corrected chi connectivity index (χ0v) is 17.2. The molecule has 6 nitrogen and oxygen atoms in total. The molecule has 30 heavy (non-hydrogen) atoms. The van der Waals surface area contributed by atoms with Crippen molar-refractivity contribution in [2.45, 2.75) is 56.9 Å². The Kier molecular flexibility index (Phi) is 7.20. The number of rotatable bonds is 7. The Bertz CT molecular complexity index is 859. The Labute approximate surface area is 175 Å². The highest BCUT2D eigenvalue weighted by atomic mass is 19.1. The second kappa shape index (κ2) is 9.66. The van der Waals surface area contributed by atoms with Gasteiger partial charge in [0.15, 0.2) is 5.60 Å². The second-order valence-electron chi connectivity index (χ2n) is 7.79. The summed E-state index contributed by atoms with van der Waals surface area (Å²) in [5.41, 5.74) is 1.35. The van der Waals surface area contributed by atoms with Crippen LogP contribution in [0.3, 0.4) is 0 Å². The van der Waals surface area contributed by atoms with Crippen LogP contribution in [0, 0.1) is 12.7 Å². The molecule has 1 fully saturated rings. The van der Waals surface area contributed by atoms with Crippen LogP contribution in [0.2, 0.25) is 0 Å². The summed E-state index contributed by atoms with van der Waals surface area (Å²) in [5.74, 6) is -0.730. The Morgan fingerprint density at radius 1 is 1.13 bits per heavy atom. The van der Waals surface area contributed by atoms with Gasteiger partial charge < -0.3 is 25.0 Å². The first-order chi connectivity index (χ1) is 14.3. The van der Waals surface area contributed by atoms with Crippen molar-refractivity contribution in [1.29, 1.82) is 0 Å². The van der Waals surface area contributed by atoms with E-state index in [1.165, 1.54) is 19.2 Å². The molecule has 0 unspecified atom stereocenters. The van der Waals surface area contributed by atoms with Crippen LogP contribution in [0.1, 0.15) is 29.5 Å². The Balaban J connectivity index is 1.75. The molecule has 1 saturated carbocycles. The summed E-state index contributed by atoms with van der Waals surface area (Å²) < 4.78 is 25.0. The van der Waals surface area contributed by atoms with Crippen molar-refractivity contribution in [2.24, 2.45) is 0 Å². The molecule has 0 bridgehead atoms. The topological polar surface area (TPSA) is 88.0 Å². The lowest BCUT2D eigenvalue weighted by molar-refractivity contribution is -0.199. The highest BCUT2D eigenvalue weighted by Crippen LogP contribution is 2.35. The fourth-order valence-electron chi connectivity index (χ4n) is 3.80. The van der Waals surface area contributed by atoms with Crippen LogP contribution < -0.4 is 5.32 Å². The van der Waals surface area contributed by atoms with E-state index in [9.17, 15) is 19.4 Å². The summed E-state index contributed by atoms with van der Waals surface area (Å²) in [4.78, 5) is 12.8. The van der Waals surface area contributed by atoms with E-state index in [-0.39, 0.29) is 37.8 Å². The number of aliphatic hydroxyl groups is 2. The number of aryl methyl sites for hydroxylation is 1. The molecule has 0 aromatic heterocycles. The maximum Gasteiger partial charge on any atom is 0.252 e. The average Bonchev–Trinajstić information content (AvgIpc) is 2.74. The quantitative estimate of drug-likeness (QED) is 0.643. The zero-order chi connectivity index (χ0) is 21.7. The van der Waals surface area contributed by atoms with Crippen molar-refractivity contribution >= 4 is 5.91 Å². The minimum atomic E-state index is -1.34. The zero-order valence-electron chi connectivity index (χ0n) is 17.2. The summed E-state index contributed by atoms with van der Waals surface area (Å²) in [5, 5.41) is 23.5. The maximum atomic E-state index is 13.1. The summed E-state index contributed by atoms with van der Waals surface area (Å²) in [7, 11) is 1.51. The minimum absolute atomic E-state index is 0.0456. The number of halogens is 1. The molecule has 1 amide bonds. The molecule has 1 aliphatic carbocycles. The van der Waals surface area contributed by atoms with E-state index < -0.39 is 23.9 Å². The molecule has 0 aliphatic heterocycles. The monoisotopic (exact) mass is 417 g/mol. The SMILES string of the molecule is CNC(=O)[C@]1(OCc2cccc(C)c2)C[C@@H](O)[C@@H](O)[C@@H](OCc2ccc(F)cc2)C1. The van der Waals surface area contributed by atoms with Gasteiger partial charge in [-0.1, -0.05) is 42.0 Å². The van der Waals surface area contributed by atoms with Gasteiger partial charge in [-0.25, -0.2) is 4.39 Å². The van der Waals surface area contributed by atoms with Crippen LogP contribution in [-0.2, 0) is 27.5 Å². The molecule has 7 heteroatoms. The van der Waals surface area contributed by atoms with Gasteiger partial charge in [-0.05, 0) is 30.2 Å². The molecular weight excluding hydrogens is 389 g/mol. The first-order valence-electron chi connectivity index (χ1n) is 9.97. The second-order valence-corrected chi connectivity index (χ2v) is 7.79. The predicted octanol–water partition coefficient (Wildman–Crippen LogP) is 2.24. The molecule has 0 spiro atoms. The molecule has 2 aromatic rings. The van der Waals surface area contributed by atoms with Gasteiger partial charge in [-0.3, -0.25) is 4.79 Å². The van der Waals surface area contributed by atoms with Gasteiger partial charge in [-0.2, -0.15) is 0 Å². The molecule has 0 radical (unpaired) electrons. The largest absolute Gasteiger partial charge is 0.390 e.